The van der Waals surface area contributed by atoms with Crippen LogP contribution in [-0.2, 0) is 9.53 Å². The standard InChI is InChI=1S/C12H13FO2/c1-9(15-10(2)14)12(13)8-11-6-4-3-5-7-11/h3-9H,1-2H3/b12-8-. The zero-order valence-electron chi connectivity index (χ0n) is 8.74. The van der Waals surface area contributed by atoms with Crippen molar-refractivity contribution in [1.29, 1.82) is 0 Å². The van der Waals surface area contributed by atoms with Crippen LogP contribution in [0, 0.1) is 0 Å². The second kappa shape index (κ2) is 5.29. The van der Waals surface area contributed by atoms with E-state index in [2.05, 4.69) is 0 Å². The van der Waals surface area contributed by atoms with Crippen molar-refractivity contribution in [3.63, 3.8) is 0 Å². The van der Waals surface area contributed by atoms with E-state index in [1.54, 1.807) is 12.1 Å². The number of rotatable bonds is 3. The fourth-order valence-corrected chi connectivity index (χ4v) is 1.13. The molecule has 1 rings (SSSR count). The van der Waals surface area contributed by atoms with Crippen molar-refractivity contribution in [3.05, 3.63) is 41.7 Å². The number of benzene rings is 1. The van der Waals surface area contributed by atoms with Crippen LogP contribution < -0.4 is 0 Å². The first-order valence-electron chi connectivity index (χ1n) is 4.69. The highest BCUT2D eigenvalue weighted by Crippen LogP contribution is 2.13. The smallest absolute Gasteiger partial charge is 0.303 e. The Morgan fingerprint density at radius 1 is 1.40 bits per heavy atom. The van der Waals surface area contributed by atoms with Gasteiger partial charge in [0.25, 0.3) is 0 Å². The van der Waals surface area contributed by atoms with Gasteiger partial charge in [-0.05, 0) is 18.6 Å². The second-order valence-electron chi connectivity index (χ2n) is 3.19. The Labute approximate surface area is 88.4 Å². The first kappa shape index (κ1) is 11.4. The summed E-state index contributed by atoms with van der Waals surface area (Å²) >= 11 is 0. The summed E-state index contributed by atoms with van der Waals surface area (Å²) < 4.78 is 18.1. The number of halogens is 1. The molecule has 0 aromatic heterocycles. The van der Waals surface area contributed by atoms with Crippen molar-refractivity contribution < 1.29 is 13.9 Å². The Morgan fingerprint density at radius 3 is 2.53 bits per heavy atom. The van der Waals surface area contributed by atoms with Gasteiger partial charge in [-0.2, -0.15) is 0 Å². The maximum Gasteiger partial charge on any atom is 0.303 e. The van der Waals surface area contributed by atoms with E-state index in [-0.39, 0.29) is 0 Å². The molecule has 0 N–H and O–H groups in total. The highest BCUT2D eigenvalue weighted by molar-refractivity contribution is 5.66. The van der Waals surface area contributed by atoms with Crippen molar-refractivity contribution in [2.75, 3.05) is 0 Å². The maximum absolute atomic E-state index is 13.4. The fraction of sp³-hybridized carbons (Fsp3) is 0.250. The lowest BCUT2D eigenvalue weighted by Crippen LogP contribution is -2.12. The predicted molar refractivity (Wildman–Crippen MR) is 56.8 cm³/mol. The highest BCUT2D eigenvalue weighted by atomic mass is 19.1. The predicted octanol–water partition coefficient (Wildman–Crippen LogP) is 2.95. The molecule has 3 heteroatoms. The number of ether oxygens (including phenoxy) is 1. The van der Waals surface area contributed by atoms with Gasteiger partial charge in [-0.1, -0.05) is 30.3 Å². The molecule has 1 aromatic carbocycles. The van der Waals surface area contributed by atoms with Crippen LogP contribution in [0.15, 0.2) is 36.2 Å². The largest absolute Gasteiger partial charge is 0.456 e. The van der Waals surface area contributed by atoms with Crippen molar-refractivity contribution in [2.24, 2.45) is 0 Å². The summed E-state index contributed by atoms with van der Waals surface area (Å²) in [5.41, 5.74) is 0.744. The van der Waals surface area contributed by atoms with E-state index in [0.29, 0.717) is 0 Å². The third-order valence-corrected chi connectivity index (χ3v) is 1.84. The number of carbonyl (C=O) groups excluding carboxylic acids is 1. The first-order valence-corrected chi connectivity index (χ1v) is 4.69. The van der Waals surface area contributed by atoms with Gasteiger partial charge in [0, 0.05) is 6.92 Å². The molecule has 1 aromatic rings. The third-order valence-electron chi connectivity index (χ3n) is 1.84. The average Bonchev–Trinajstić information content (AvgIpc) is 2.18. The Balaban J connectivity index is 2.71. The molecule has 0 spiro atoms. The van der Waals surface area contributed by atoms with E-state index >= 15 is 0 Å². The summed E-state index contributed by atoms with van der Waals surface area (Å²) in [6.07, 6.45) is 0.524. The van der Waals surface area contributed by atoms with Crippen molar-refractivity contribution in [3.8, 4) is 0 Å². The quantitative estimate of drug-likeness (QED) is 0.714. The second-order valence-corrected chi connectivity index (χ2v) is 3.19. The molecular weight excluding hydrogens is 195 g/mol. The zero-order chi connectivity index (χ0) is 11.3. The maximum atomic E-state index is 13.4. The molecule has 80 valence electrons. The van der Waals surface area contributed by atoms with Gasteiger partial charge in [0.15, 0.2) is 6.10 Å². The zero-order valence-corrected chi connectivity index (χ0v) is 8.74. The van der Waals surface area contributed by atoms with Crippen molar-refractivity contribution in [1.82, 2.24) is 0 Å². The molecule has 0 fully saturated rings. The van der Waals surface area contributed by atoms with E-state index in [1.807, 2.05) is 18.2 Å². The van der Waals surface area contributed by atoms with Gasteiger partial charge >= 0.3 is 5.97 Å². The van der Waals surface area contributed by atoms with Gasteiger partial charge in [0.05, 0.1) is 0 Å². The molecule has 0 aliphatic rings. The van der Waals surface area contributed by atoms with E-state index in [1.165, 1.54) is 19.9 Å². The average molecular weight is 208 g/mol. The Morgan fingerprint density at radius 2 is 2.00 bits per heavy atom. The number of hydrogen-bond acceptors (Lipinski definition) is 2. The summed E-state index contributed by atoms with van der Waals surface area (Å²) in [5, 5.41) is 0. The lowest BCUT2D eigenvalue weighted by atomic mass is 10.2. The molecule has 0 bridgehead atoms. The molecule has 0 aliphatic carbocycles. The van der Waals surface area contributed by atoms with E-state index in [0.717, 1.165) is 5.56 Å². The fourth-order valence-electron chi connectivity index (χ4n) is 1.13. The van der Waals surface area contributed by atoms with Crippen molar-refractivity contribution in [2.45, 2.75) is 20.0 Å². The monoisotopic (exact) mass is 208 g/mol. The highest BCUT2D eigenvalue weighted by Gasteiger charge is 2.10. The summed E-state index contributed by atoms with van der Waals surface area (Å²) in [4.78, 5) is 10.6. The minimum Gasteiger partial charge on any atom is -0.456 e. The molecule has 0 aliphatic heterocycles. The molecular formula is C12H13FO2. The van der Waals surface area contributed by atoms with Crippen molar-refractivity contribution >= 4 is 12.0 Å². The molecule has 0 saturated heterocycles. The van der Waals surface area contributed by atoms with Gasteiger partial charge in [-0.3, -0.25) is 4.79 Å². The summed E-state index contributed by atoms with van der Waals surface area (Å²) in [6.45, 7) is 2.75. The SMILES string of the molecule is CC(=O)OC(C)/C(F)=C/c1ccccc1. The Hall–Kier alpha value is -1.64. The van der Waals surface area contributed by atoms with Gasteiger partial charge in [-0.25, -0.2) is 4.39 Å². The van der Waals surface area contributed by atoms with Gasteiger partial charge in [0.2, 0.25) is 0 Å². The lowest BCUT2D eigenvalue weighted by molar-refractivity contribution is -0.144. The van der Waals surface area contributed by atoms with E-state index < -0.39 is 17.9 Å². The first-order chi connectivity index (χ1) is 7.09. The van der Waals surface area contributed by atoms with Crippen LogP contribution in [-0.4, -0.2) is 12.1 Å². The molecule has 15 heavy (non-hydrogen) atoms. The number of esters is 1. The van der Waals surface area contributed by atoms with Gasteiger partial charge < -0.3 is 4.74 Å². The minimum absolute atomic E-state index is 0.462. The van der Waals surface area contributed by atoms with Crippen LogP contribution in [0.3, 0.4) is 0 Å². The Kier molecular flexibility index (Phi) is 4.03. The molecule has 0 amide bonds. The molecule has 1 atom stereocenters. The van der Waals surface area contributed by atoms with Crippen LogP contribution in [0.2, 0.25) is 0 Å². The molecule has 0 radical (unpaired) electrons. The topological polar surface area (TPSA) is 26.3 Å². The van der Waals surface area contributed by atoms with Crippen LogP contribution in [0.1, 0.15) is 19.4 Å². The van der Waals surface area contributed by atoms with E-state index in [4.69, 9.17) is 4.74 Å². The molecule has 0 saturated carbocycles. The third kappa shape index (κ3) is 3.94. The Bertz CT molecular complexity index is 357. The summed E-state index contributed by atoms with van der Waals surface area (Å²) in [7, 11) is 0. The van der Waals surface area contributed by atoms with Gasteiger partial charge in [-0.15, -0.1) is 0 Å². The van der Waals surface area contributed by atoms with Crippen LogP contribution in [0.5, 0.6) is 0 Å². The minimum atomic E-state index is -0.831. The van der Waals surface area contributed by atoms with Gasteiger partial charge in [0.1, 0.15) is 5.83 Å². The van der Waals surface area contributed by atoms with Crippen LogP contribution >= 0.6 is 0 Å². The van der Waals surface area contributed by atoms with Crippen LogP contribution in [0.4, 0.5) is 4.39 Å². The number of carbonyl (C=O) groups is 1. The molecule has 1 unspecified atom stereocenters. The van der Waals surface area contributed by atoms with E-state index in [9.17, 15) is 9.18 Å². The normalized spacial score (nSPS) is 13.4. The summed E-state index contributed by atoms with van der Waals surface area (Å²) in [6, 6.07) is 9.04. The summed E-state index contributed by atoms with van der Waals surface area (Å²) in [5.74, 6) is -0.949. The van der Waals surface area contributed by atoms with Crippen LogP contribution in [0.25, 0.3) is 6.08 Å². The number of hydrogen-bond donors (Lipinski definition) is 0. The lowest BCUT2D eigenvalue weighted by Gasteiger charge is -2.09. The molecule has 2 nitrogen and oxygen atoms in total. The molecule has 0 heterocycles.